The topological polar surface area (TPSA) is 89.7 Å². The van der Waals surface area contributed by atoms with Gasteiger partial charge in [-0.05, 0) is 31.0 Å². The summed E-state index contributed by atoms with van der Waals surface area (Å²) >= 11 is 0. The van der Waals surface area contributed by atoms with E-state index in [-0.39, 0.29) is 16.5 Å². The molecule has 21 heavy (non-hydrogen) atoms. The highest BCUT2D eigenvalue weighted by Crippen LogP contribution is 2.29. The number of nitrogens with two attached hydrogens (primary N) is 1. The van der Waals surface area contributed by atoms with Crippen LogP contribution in [0.3, 0.4) is 0 Å². The molecule has 0 aliphatic heterocycles. The van der Waals surface area contributed by atoms with Crippen molar-refractivity contribution in [1.82, 2.24) is 4.31 Å². The van der Waals surface area contributed by atoms with Gasteiger partial charge in [0.05, 0.1) is 17.6 Å². The number of rotatable bonds is 4. The molecule has 0 atom stereocenters. The summed E-state index contributed by atoms with van der Waals surface area (Å²) in [7, 11) is -1.01. The predicted octanol–water partition coefficient (Wildman–Crippen LogP) is 1.62. The summed E-state index contributed by atoms with van der Waals surface area (Å²) in [5, 5.41) is 0. The van der Waals surface area contributed by atoms with E-state index in [0.717, 1.165) is 25.7 Å². The lowest BCUT2D eigenvalue weighted by Gasteiger charge is -2.24. The highest BCUT2D eigenvalue weighted by molar-refractivity contribution is 7.89. The third-order valence-electron chi connectivity index (χ3n) is 3.91. The first-order valence-corrected chi connectivity index (χ1v) is 8.28. The fourth-order valence-electron chi connectivity index (χ4n) is 2.65. The van der Waals surface area contributed by atoms with E-state index in [9.17, 15) is 13.2 Å². The molecule has 1 aliphatic rings. The molecule has 1 fully saturated rings. The van der Waals surface area contributed by atoms with Crippen molar-refractivity contribution in [3.8, 4) is 0 Å². The van der Waals surface area contributed by atoms with Crippen LogP contribution in [0.25, 0.3) is 0 Å². The molecule has 7 heteroatoms. The lowest BCUT2D eigenvalue weighted by Crippen LogP contribution is -2.36. The predicted molar refractivity (Wildman–Crippen MR) is 79.4 cm³/mol. The van der Waals surface area contributed by atoms with Crippen LogP contribution in [0.4, 0.5) is 5.69 Å². The molecule has 0 bridgehead atoms. The lowest BCUT2D eigenvalue weighted by molar-refractivity contribution is 0.0596. The smallest absolute Gasteiger partial charge is 0.339 e. The SMILES string of the molecule is COC(=O)c1ccc(N)cc1S(=O)(=O)N(C)C1CCCC1. The minimum absolute atomic E-state index is 0.0107. The molecule has 0 amide bonds. The van der Waals surface area contributed by atoms with E-state index in [0.29, 0.717) is 5.69 Å². The summed E-state index contributed by atoms with van der Waals surface area (Å²) in [4.78, 5) is 11.7. The van der Waals surface area contributed by atoms with Crippen LogP contribution >= 0.6 is 0 Å². The number of esters is 1. The van der Waals surface area contributed by atoms with Crippen molar-refractivity contribution < 1.29 is 17.9 Å². The zero-order valence-electron chi connectivity index (χ0n) is 12.2. The number of ether oxygens (including phenoxy) is 1. The van der Waals surface area contributed by atoms with E-state index in [1.165, 1.54) is 29.6 Å². The molecule has 116 valence electrons. The van der Waals surface area contributed by atoms with Crippen molar-refractivity contribution in [2.24, 2.45) is 0 Å². The number of sulfonamides is 1. The van der Waals surface area contributed by atoms with E-state index in [1.54, 1.807) is 7.05 Å². The zero-order chi connectivity index (χ0) is 15.6. The minimum Gasteiger partial charge on any atom is -0.465 e. The molecule has 1 saturated carbocycles. The van der Waals surface area contributed by atoms with Gasteiger partial charge in [0.25, 0.3) is 0 Å². The van der Waals surface area contributed by atoms with Gasteiger partial charge in [-0.2, -0.15) is 4.31 Å². The van der Waals surface area contributed by atoms with Crippen LogP contribution in [0.1, 0.15) is 36.0 Å². The van der Waals surface area contributed by atoms with Gasteiger partial charge in [0.2, 0.25) is 10.0 Å². The van der Waals surface area contributed by atoms with Crippen LogP contribution in [0, 0.1) is 0 Å². The maximum absolute atomic E-state index is 12.8. The second kappa shape index (κ2) is 6.03. The van der Waals surface area contributed by atoms with Gasteiger partial charge in [-0.3, -0.25) is 0 Å². The summed E-state index contributed by atoms with van der Waals surface area (Å²) in [5.74, 6) is -0.687. The van der Waals surface area contributed by atoms with Crippen molar-refractivity contribution in [3.05, 3.63) is 23.8 Å². The molecule has 2 N–H and O–H groups in total. The Morgan fingerprint density at radius 2 is 1.95 bits per heavy atom. The third kappa shape index (κ3) is 3.03. The fourth-order valence-corrected chi connectivity index (χ4v) is 4.28. The summed E-state index contributed by atoms with van der Waals surface area (Å²) in [6.07, 6.45) is 3.72. The van der Waals surface area contributed by atoms with Crippen molar-refractivity contribution in [3.63, 3.8) is 0 Å². The Balaban J connectivity index is 2.47. The fraction of sp³-hybridized carbons (Fsp3) is 0.500. The van der Waals surface area contributed by atoms with E-state index in [2.05, 4.69) is 4.74 Å². The maximum atomic E-state index is 12.8. The summed E-state index contributed by atoms with van der Waals surface area (Å²) < 4.78 is 31.6. The Hall–Kier alpha value is -1.60. The first kappa shape index (κ1) is 15.8. The van der Waals surface area contributed by atoms with Crippen molar-refractivity contribution in [2.45, 2.75) is 36.6 Å². The average Bonchev–Trinajstić information content (AvgIpc) is 2.99. The van der Waals surface area contributed by atoms with E-state index in [4.69, 9.17) is 5.73 Å². The Bertz CT molecular complexity index is 636. The molecular weight excluding hydrogens is 292 g/mol. The summed E-state index contributed by atoms with van der Waals surface area (Å²) in [5.41, 5.74) is 5.99. The molecule has 6 nitrogen and oxygen atoms in total. The van der Waals surface area contributed by atoms with E-state index >= 15 is 0 Å². The minimum atomic E-state index is -3.78. The first-order valence-electron chi connectivity index (χ1n) is 6.84. The second-order valence-corrected chi connectivity index (χ2v) is 7.17. The number of anilines is 1. The number of carbonyl (C=O) groups excluding carboxylic acids is 1. The molecule has 0 radical (unpaired) electrons. The van der Waals surface area contributed by atoms with Gasteiger partial charge < -0.3 is 10.5 Å². The normalized spacial score (nSPS) is 16.3. The molecule has 0 saturated heterocycles. The van der Waals surface area contributed by atoms with Gasteiger partial charge in [0.1, 0.15) is 0 Å². The highest BCUT2D eigenvalue weighted by Gasteiger charge is 2.33. The number of methoxy groups -OCH3 is 1. The zero-order valence-corrected chi connectivity index (χ0v) is 13.0. The first-order chi connectivity index (χ1) is 9.87. The maximum Gasteiger partial charge on any atom is 0.339 e. The molecule has 1 aromatic rings. The molecule has 0 unspecified atom stereocenters. The van der Waals surface area contributed by atoms with Crippen LogP contribution in [0.2, 0.25) is 0 Å². The number of hydrogen-bond acceptors (Lipinski definition) is 5. The number of benzene rings is 1. The van der Waals surface area contributed by atoms with Crippen LogP contribution in [0.5, 0.6) is 0 Å². The van der Waals surface area contributed by atoms with Gasteiger partial charge in [-0.15, -0.1) is 0 Å². The van der Waals surface area contributed by atoms with Gasteiger partial charge in [-0.1, -0.05) is 12.8 Å². The molecular formula is C14H20N2O4S. The van der Waals surface area contributed by atoms with Crippen LogP contribution in [-0.4, -0.2) is 38.9 Å². The Morgan fingerprint density at radius 1 is 1.33 bits per heavy atom. The Kier molecular flexibility index (Phi) is 4.53. The Labute approximate surface area is 124 Å². The molecule has 0 spiro atoms. The molecule has 1 aromatic carbocycles. The van der Waals surface area contributed by atoms with Crippen molar-refractivity contribution in [2.75, 3.05) is 19.9 Å². The third-order valence-corrected chi connectivity index (χ3v) is 5.86. The quantitative estimate of drug-likeness (QED) is 0.674. The monoisotopic (exact) mass is 312 g/mol. The van der Waals surface area contributed by atoms with Crippen molar-refractivity contribution >= 4 is 21.7 Å². The number of nitrogen functional groups attached to an aromatic ring is 1. The Morgan fingerprint density at radius 3 is 2.52 bits per heavy atom. The number of hydrogen-bond donors (Lipinski definition) is 1. The van der Waals surface area contributed by atoms with Gasteiger partial charge in [0.15, 0.2) is 0 Å². The molecule has 0 heterocycles. The largest absolute Gasteiger partial charge is 0.465 e. The van der Waals surface area contributed by atoms with Crippen LogP contribution in [-0.2, 0) is 14.8 Å². The number of carbonyl (C=O) groups is 1. The molecule has 0 aromatic heterocycles. The average molecular weight is 312 g/mol. The standard InChI is InChI=1S/C14H20N2O4S/c1-16(11-5-3-4-6-11)21(18,19)13-9-10(15)7-8-12(13)14(17)20-2/h7-9,11H,3-6,15H2,1-2H3. The van der Waals surface area contributed by atoms with E-state index < -0.39 is 16.0 Å². The van der Waals surface area contributed by atoms with Gasteiger partial charge in [-0.25, -0.2) is 13.2 Å². The number of nitrogens with zero attached hydrogens (tertiary/aromatic N) is 1. The summed E-state index contributed by atoms with van der Waals surface area (Å²) in [6.45, 7) is 0. The van der Waals surface area contributed by atoms with Gasteiger partial charge in [0, 0.05) is 18.8 Å². The van der Waals surface area contributed by atoms with Crippen LogP contribution < -0.4 is 5.73 Å². The van der Waals surface area contributed by atoms with Crippen molar-refractivity contribution in [1.29, 1.82) is 0 Å². The van der Waals surface area contributed by atoms with Crippen LogP contribution in [0.15, 0.2) is 23.1 Å². The van der Waals surface area contributed by atoms with Gasteiger partial charge >= 0.3 is 5.97 Å². The molecule has 2 rings (SSSR count). The molecule has 1 aliphatic carbocycles. The highest BCUT2D eigenvalue weighted by atomic mass is 32.2. The second-order valence-electron chi connectivity index (χ2n) is 5.21. The summed E-state index contributed by atoms with van der Waals surface area (Å²) in [6, 6.07) is 4.16. The lowest BCUT2D eigenvalue weighted by atomic mass is 10.2. The van der Waals surface area contributed by atoms with E-state index in [1.807, 2.05) is 0 Å².